The number of ether oxygens (including phenoxy) is 2. The number of hydrogen-bond acceptors (Lipinski definition) is 8. The predicted octanol–water partition coefficient (Wildman–Crippen LogP) is 2.66. The van der Waals surface area contributed by atoms with E-state index in [1.165, 1.54) is 13.2 Å². The summed E-state index contributed by atoms with van der Waals surface area (Å²) in [6.45, 7) is 5.53. The third kappa shape index (κ3) is 7.02. The van der Waals surface area contributed by atoms with Gasteiger partial charge in [0.15, 0.2) is 12.4 Å². The number of esters is 2. The number of aromatic nitrogens is 2. The van der Waals surface area contributed by atoms with Crippen molar-refractivity contribution in [2.24, 2.45) is 0 Å². The molecule has 0 radical (unpaired) electrons. The van der Waals surface area contributed by atoms with E-state index >= 15 is 0 Å². The molecule has 0 bridgehead atoms. The molecule has 0 fully saturated rings. The van der Waals surface area contributed by atoms with Gasteiger partial charge in [0.1, 0.15) is 0 Å². The molecule has 0 aliphatic carbocycles. The van der Waals surface area contributed by atoms with Crippen LogP contribution in [0.3, 0.4) is 0 Å². The second-order valence-electron chi connectivity index (χ2n) is 7.40. The standard InChI is InChI=1S/C20H25N3O6/c1-20(2,3)19-22-16(29-23-19)9-6-10-17(25)28-12-15(24)21-14-8-5-7-13(11-14)18(26)27-4/h5,7-8,11H,6,9-10,12H2,1-4H3,(H,21,24). The van der Waals surface area contributed by atoms with Gasteiger partial charge in [-0.3, -0.25) is 9.59 Å². The van der Waals surface area contributed by atoms with Crippen molar-refractivity contribution in [3.63, 3.8) is 0 Å². The van der Waals surface area contributed by atoms with Crippen LogP contribution in [0.2, 0.25) is 0 Å². The molecule has 29 heavy (non-hydrogen) atoms. The van der Waals surface area contributed by atoms with Gasteiger partial charge in [0, 0.05) is 23.9 Å². The molecule has 156 valence electrons. The maximum Gasteiger partial charge on any atom is 0.337 e. The number of benzene rings is 1. The first-order valence-electron chi connectivity index (χ1n) is 9.16. The fraction of sp³-hybridized carbons (Fsp3) is 0.450. The van der Waals surface area contributed by atoms with E-state index in [-0.39, 0.29) is 11.8 Å². The van der Waals surface area contributed by atoms with Crippen molar-refractivity contribution in [1.29, 1.82) is 0 Å². The average Bonchev–Trinajstić information content (AvgIpc) is 3.15. The van der Waals surface area contributed by atoms with Gasteiger partial charge in [-0.25, -0.2) is 4.79 Å². The number of anilines is 1. The smallest absolute Gasteiger partial charge is 0.337 e. The van der Waals surface area contributed by atoms with Crippen LogP contribution in [0.1, 0.15) is 55.7 Å². The lowest BCUT2D eigenvalue weighted by atomic mass is 9.96. The molecule has 9 nitrogen and oxygen atoms in total. The zero-order chi connectivity index (χ0) is 21.4. The van der Waals surface area contributed by atoms with Crippen LogP contribution >= 0.6 is 0 Å². The SMILES string of the molecule is COC(=O)c1cccc(NC(=O)COC(=O)CCCc2nc(C(C)(C)C)no2)c1. The number of methoxy groups -OCH3 is 1. The Balaban J connectivity index is 1.71. The highest BCUT2D eigenvalue weighted by atomic mass is 16.5. The van der Waals surface area contributed by atoms with E-state index in [0.29, 0.717) is 35.8 Å². The molecule has 0 saturated carbocycles. The largest absolute Gasteiger partial charge is 0.465 e. The maximum atomic E-state index is 11.9. The second-order valence-corrected chi connectivity index (χ2v) is 7.40. The van der Waals surface area contributed by atoms with Crippen molar-refractivity contribution in [1.82, 2.24) is 10.1 Å². The zero-order valence-electron chi connectivity index (χ0n) is 17.0. The Bertz CT molecular complexity index is 869. The molecule has 0 spiro atoms. The molecular formula is C20H25N3O6. The van der Waals surface area contributed by atoms with Crippen molar-refractivity contribution in [2.45, 2.75) is 45.4 Å². The molecule has 0 saturated heterocycles. The molecule has 1 aromatic carbocycles. The topological polar surface area (TPSA) is 121 Å². The van der Waals surface area contributed by atoms with E-state index in [1.54, 1.807) is 18.2 Å². The number of nitrogens with zero attached hydrogens (tertiary/aromatic N) is 2. The van der Waals surface area contributed by atoms with Crippen molar-refractivity contribution < 1.29 is 28.4 Å². The number of rotatable bonds is 8. The van der Waals surface area contributed by atoms with Crippen LogP contribution in [0.25, 0.3) is 0 Å². The Morgan fingerprint density at radius 2 is 1.97 bits per heavy atom. The van der Waals surface area contributed by atoms with E-state index in [9.17, 15) is 14.4 Å². The van der Waals surface area contributed by atoms with Crippen LogP contribution in [0.4, 0.5) is 5.69 Å². The molecule has 2 aromatic rings. The van der Waals surface area contributed by atoms with Crippen LogP contribution in [-0.2, 0) is 30.9 Å². The Kier molecular flexibility index (Phi) is 7.46. The van der Waals surface area contributed by atoms with Gasteiger partial charge in [-0.1, -0.05) is 32.0 Å². The molecule has 1 N–H and O–H groups in total. The molecule has 1 aromatic heterocycles. The van der Waals surface area contributed by atoms with Crippen LogP contribution in [0, 0.1) is 0 Å². The molecule has 0 aliphatic rings. The monoisotopic (exact) mass is 403 g/mol. The number of amides is 1. The minimum Gasteiger partial charge on any atom is -0.465 e. The van der Waals surface area contributed by atoms with Gasteiger partial charge in [0.25, 0.3) is 5.91 Å². The van der Waals surface area contributed by atoms with Crippen molar-refractivity contribution in [3.05, 3.63) is 41.5 Å². The summed E-state index contributed by atoms with van der Waals surface area (Å²) in [6, 6.07) is 6.26. The fourth-order valence-electron chi connectivity index (χ4n) is 2.30. The van der Waals surface area contributed by atoms with Crippen molar-refractivity contribution in [2.75, 3.05) is 19.0 Å². The highest BCUT2D eigenvalue weighted by molar-refractivity contribution is 5.95. The molecule has 1 amide bonds. The van der Waals surface area contributed by atoms with Gasteiger partial charge in [0.05, 0.1) is 12.7 Å². The fourth-order valence-corrected chi connectivity index (χ4v) is 2.30. The summed E-state index contributed by atoms with van der Waals surface area (Å²) < 4.78 is 14.8. The first-order valence-corrected chi connectivity index (χ1v) is 9.16. The normalized spacial score (nSPS) is 11.0. The summed E-state index contributed by atoms with van der Waals surface area (Å²) in [6.07, 6.45) is 1.04. The quantitative estimate of drug-likeness (QED) is 0.668. The lowest BCUT2D eigenvalue weighted by Crippen LogP contribution is -2.21. The maximum absolute atomic E-state index is 11.9. The second kappa shape index (κ2) is 9.81. The summed E-state index contributed by atoms with van der Waals surface area (Å²) >= 11 is 0. The van der Waals surface area contributed by atoms with E-state index < -0.39 is 24.5 Å². The Labute approximate surface area is 168 Å². The number of nitrogens with one attached hydrogen (secondary N) is 1. The van der Waals surface area contributed by atoms with Crippen LogP contribution in [0.5, 0.6) is 0 Å². The molecule has 0 atom stereocenters. The molecule has 0 aliphatic heterocycles. The lowest BCUT2D eigenvalue weighted by molar-refractivity contribution is -0.147. The number of hydrogen-bond donors (Lipinski definition) is 1. The van der Waals surface area contributed by atoms with Gasteiger partial charge >= 0.3 is 11.9 Å². The van der Waals surface area contributed by atoms with Crippen molar-refractivity contribution >= 4 is 23.5 Å². The van der Waals surface area contributed by atoms with Gasteiger partial charge in [-0.15, -0.1) is 0 Å². The number of aryl methyl sites for hydroxylation is 1. The first kappa shape index (κ1) is 22.1. The third-order valence-electron chi connectivity index (χ3n) is 3.84. The summed E-state index contributed by atoms with van der Waals surface area (Å²) in [4.78, 5) is 39.5. The first-order chi connectivity index (χ1) is 13.7. The Morgan fingerprint density at radius 1 is 1.21 bits per heavy atom. The van der Waals surface area contributed by atoms with Gasteiger partial charge in [-0.2, -0.15) is 4.98 Å². The van der Waals surface area contributed by atoms with E-state index in [0.717, 1.165) is 0 Å². The van der Waals surface area contributed by atoms with Crippen LogP contribution in [0.15, 0.2) is 28.8 Å². The molecular weight excluding hydrogens is 378 g/mol. The highest BCUT2D eigenvalue weighted by Gasteiger charge is 2.21. The predicted molar refractivity (Wildman–Crippen MR) is 103 cm³/mol. The van der Waals surface area contributed by atoms with E-state index in [1.807, 2.05) is 20.8 Å². The molecule has 0 unspecified atom stereocenters. The molecule has 2 rings (SSSR count). The van der Waals surface area contributed by atoms with E-state index in [4.69, 9.17) is 9.26 Å². The number of carbonyl (C=O) groups excluding carboxylic acids is 3. The minimum atomic E-state index is -0.511. The van der Waals surface area contributed by atoms with Gasteiger partial charge in [-0.05, 0) is 24.6 Å². The van der Waals surface area contributed by atoms with Gasteiger partial charge in [0.2, 0.25) is 5.89 Å². The zero-order valence-corrected chi connectivity index (χ0v) is 17.0. The molecule has 9 heteroatoms. The Hall–Kier alpha value is -3.23. The van der Waals surface area contributed by atoms with Gasteiger partial charge < -0.3 is 19.3 Å². The summed E-state index contributed by atoms with van der Waals surface area (Å²) in [5.74, 6) is -0.441. The van der Waals surface area contributed by atoms with E-state index in [2.05, 4.69) is 20.2 Å². The highest BCUT2D eigenvalue weighted by Crippen LogP contribution is 2.19. The number of carbonyl (C=O) groups is 3. The van der Waals surface area contributed by atoms with Crippen LogP contribution in [-0.4, -0.2) is 41.7 Å². The summed E-state index contributed by atoms with van der Waals surface area (Å²) in [5, 5.41) is 6.48. The Morgan fingerprint density at radius 3 is 2.62 bits per heavy atom. The third-order valence-corrected chi connectivity index (χ3v) is 3.84. The van der Waals surface area contributed by atoms with Crippen LogP contribution < -0.4 is 5.32 Å². The van der Waals surface area contributed by atoms with Crippen molar-refractivity contribution in [3.8, 4) is 0 Å². The lowest BCUT2D eigenvalue weighted by Gasteiger charge is -2.10. The molecule has 1 heterocycles. The summed E-state index contributed by atoms with van der Waals surface area (Å²) in [7, 11) is 1.27. The minimum absolute atomic E-state index is 0.123. The summed E-state index contributed by atoms with van der Waals surface area (Å²) in [5.41, 5.74) is 0.502. The average molecular weight is 403 g/mol.